The average molecular weight is 519 g/mol. The molecule has 1 N–H and O–H groups in total. The van der Waals surface area contributed by atoms with Gasteiger partial charge in [0, 0.05) is 23.6 Å². The van der Waals surface area contributed by atoms with E-state index in [2.05, 4.69) is 10.5 Å². The number of ether oxygens (including phenoxy) is 1. The maximum atomic E-state index is 13.3. The van der Waals surface area contributed by atoms with E-state index in [1.165, 1.54) is 0 Å². The molecule has 4 rings (SSSR count). The topological polar surface area (TPSA) is 63.2 Å². The molecular weight excluding hydrogens is 497 g/mol. The number of para-hydroxylation sites is 2. The third kappa shape index (κ3) is 5.76. The highest BCUT2D eigenvalue weighted by atomic mass is 35.5. The Morgan fingerprint density at radius 3 is 2.59 bits per heavy atom. The summed E-state index contributed by atoms with van der Waals surface area (Å²) in [7, 11) is 1.56. The minimum Gasteiger partial charge on any atom is -0.495 e. The predicted octanol–water partition coefficient (Wildman–Crippen LogP) is 6.88. The fourth-order valence-electron chi connectivity index (χ4n) is 3.61. The highest BCUT2D eigenvalue weighted by Crippen LogP contribution is 2.27. The number of oxime groups is 1. The summed E-state index contributed by atoms with van der Waals surface area (Å²) < 4.78 is 5.36. The van der Waals surface area contributed by atoms with E-state index in [-0.39, 0.29) is 12.1 Å². The van der Waals surface area contributed by atoms with Crippen molar-refractivity contribution in [3.05, 3.63) is 92.9 Å². The van der Waals surface area contributed by atoms with Crippen molar-refractivity contribution in [2.24, 2.45) is 5.16 Å². The Bertz CT molecular complexity index is 1220. The molecule has 9 heteroatoms. The number of halogens is 3. The van der Waals surface area contributed by atoms with Crippen LogP contribution in [-0.4, -0.2) is 36.4 Å². The molecule has 3 aromatic rings. The lowest BCUT2D eigenvalue weighted by Gasteiger charge is -2.26. The zero-order valence-electron chi connectivity index (χ0n) is 18.3. The van der Waals surface area contributed by atoms with E-state index in [0.717, 1.165) is 16.8 Å². The number of rotatable bonds is 7. The summed E-state index contributed by atoms with van der Waals surface area (Å²) in [6.45, 7) is 0.586. The molecule has 3 aromatic carbocycles. The maximum Gasteiger partial charge on any atom is 0.322 e. The van der Waals surface area contributed by atoms with Crippen molar-refractivity contribution in [3.63, 3.8) is 0 Å². The summed E-state index contributed by atoms with van der Waals surface area (Å²) >= 11 is 18.5. The number of nitrogens with zero attached hydrogens (tertiary/aromatic N) is 2. The molecule has 6 nitrogen and oxygen atoms in total. The number of carbonyl (C=O) groups is 1. The van der Waals surface area contributed by atoms with Gasteiger partial charge in [-0.2, -0.15) is 0 Å². The molecule has 1 atom stereocenters. The number of amides is 2. The van der Waals surface area contributed by atoms with Gasteiger partial charge in [-0.1, -0.05) is 76.4 Å². The van der Waals surface area contributed by atoms with E-state index in [9.17, 15) is 4.79 Å². The largest absolute Gasteiger partial charge is 0.495 e. The van der Waals surface area contributed by atoms with Gasteiger partial charge in [0.25, 0.3) is 0 Å². The first kappa shape index (κ1) is 24.2. The number of hydrogen-bond acceptors (Lipinski definition) is 4. The second kappa shape index (κ2) is 11.0. The highest BCUT2D eigenvalue weighted by molar-refractivity contribution is 6.42. The summed E-state index contributed by atoms with van der Waals surface area (Å²) in [5.74, 6) is 0.566. The van der Waals surface area contributed by atoms with Crippen LogP contribution in [0.4, 0.5) is 10.5 Å². The van der Waals surface area contributed by atoms with Crippen LogP contribution < -0.4 is 10.1 Å². The van der Waals surface area contributed by atoms with E-state index in [4.69, 9.17) is 44.4 Å². The van der Waals surface area contributed by atoms with Crippen molar-refractivity contribution in [1.29, 1.82) is 0 Å². The standard InChI is InChI=1S/C25H22Cl3N3O3/c1-33-24-9-5-4-8-22(24)29-25(32)31(14-17-6-2-3-7-19(17)26)15-18-13-23(30-34-18)16-10-11-20(27)21(28)12-16/h2-12,18H,13-15H2,1H3,(H,29,32)/t18-/m1/s1. The third-order valence-electron chi connectivity index (χ3n) is 5.36. The van der Waals surface area contributed by atoms with Crippen molar-refractivity contribution in [2.75, 3.05) is 19.0 Å². The lowest BCUT2D eigenvalue weighted by Crippen LogP contribution is -2.40. The van der Waals surface area contributed by atoms with Gasteiger partial charge in [-0.25, -0.2) is 4.79 Å². The van der Waals surface area contributed by atoms with E-state index >= 15 is 0 Å². The summed E-state index contributed by atoms with van der Waals surface area (Å²) in [6, 6.07) is 19.7. The first-order chi connectivity index (χ1) is 16.4. The van der Waals surface area contributed by atoms with Crippen LogP contribution in [0.2, 0.25) is 15.1 Å². The van der Waals surface area contributed by atoms with E-state index < -0.39 is 0 Å². The normalized spacial score (nSPS) is 14.8. The second-order valence-electron chi connectivity index (χ2n) is 7.70. The molecule has 0 fully saturated rings. The van der Waals surface area contributed by atoms with Crippen molar-refractivity contribution in [3.8, 4) is 5.75 Å². The number of carbonyl (C=O) groups excluding carboxylic acids is 1. The number of methoxy groups -OCH3 is 1. The second-order valence-corrected chi connectivity index (χ2v) is 8.92. The Hall–Kier alpha value is -2.93. The zero-order valence-corrected chi connectivity index (χ0v) is 20.6. The Kier molecular flexibility index (Phi) is 7.83. The number of nitrogens with one attached hydrogen (secondary N) is 1. The smallest absolute Gasteiger partial charge is 0.322 e. The van der Waals surface area contributed by atoms with Crippen LogP contribution in [0.3, 0.4) is 0 Å². The van der Waals surface area contributed by atoms with Crippen LogP contribution in [0.25, 0.3) is 0 Å². The first-order valence-corrected chi connectivity index (χ1v) is 11.7. The predicted molar refractivity (Wildman–Crippen MR) is 136 cm³/mol. The van der Waals surface area contributed by atoms with E-state index in [1.807, 2.05) is 36.4 Å². The fraction of sp³-hybridized carbons (Fsp3) is 0.200. The Balaban J connectivity index is 1.51. The van der Waals surface area contributed by atoms with Gasteiger partial charge in [-0.15, -0.1) is 0 Å². The van der Waals surface area contributed by atoms with Crippen molar-refractivity contribution < 1.29 is 14.4 Å². The maximum absolute atomic E-state index is 13.3. The molecular formula is C25H22Cl3N3O3. The molecule has 1 heterocycles. The van der Waals surface area contributed by atoms with Crippen molar-refractivity contribution in [1.82, 2.24) is 4.90 Å². The molecule has 0 bridgehead atoms. The monoisotopic (exact) mass is 517 g/mol. The van der Waals surface area contributed by atoms with Crippen LogP contribution >= 0.6 is 34.8 Å². The lowest BCUT2D eigenvalue weighted by atomic mass is 10.0. The van der Waals surface area contributed by atoms with Crippen LogP contribution in [0.15, 0.2) is 71.9 Å². The van der Waals surface area contributed by atoms with Crippen molar-refractivity contribution in [2.45, 2.75) is 19.1 Å². The number of urea groups is 1. The molecule has 0 saturated carbocycles. The summed E-state index contributed by atoms with van der Waals surface area (Å²) in [4.78, 5) is 20.6. The molecule has 1 aliphatic heterocycles. The number of hydrogen-bond donors (Lipinski definition) is 1. The van der Waals surface area contributed by atoms with Gasteiger partial charge in [-0.3, -0.25) is 0 Å². The SMILES string of the molecule is COc1ccccc1NC(=O)N(Cc1ccccc1Cl)C[C@H]1CC(c2ccc(Cl)c(Cl)c2)=NO1. The summed E-state index contributed by atoms with van der Waals surface area (Å²) in [5.41, 5.74) is 2.96. The van der Waals surface area contributed by atoms with Gasteiger partial charge >= 0.3 is 6.03 Å². The molecule has 0 radical (unpaired) electrons. The Morgan fingerprint density at radius 2 is 1.82 bits per heavy atom. The number of benzene rings is 3. The minimum absolute atomic E-state index is 0.292. The van der Waals surface area contributed by atoms with Gasteiger partial charge in [0.15, 0.2) is 6.10 Å². The van der Waals surface area contributed by atoms with Crippen LogP contribution in [-0.2, 0) is 11.4 Å². The van der Waals surface area contributed by atoms with Gasteiger partial charge in [0.2, 0.25) is 0 Å². The molecule has 176 valence electrons. The molecule has 0 unspecified atom stereocenters. The van der Waals surface area contributed by atoms with Gasteiger partial charge in [0.05, 0.1) is 35.1 Å². The molecule has 34 heavy (non-hydrogen) atoms. The molecule has 1 aliphatic rings. The molecule has 0 aliphatic carbocycles. The lowest BCUT2D eigenvalue weighted by molar-refractivity contribution is 0.0608. The van der Waals surface area contributed by atoms with E-state index in [1.54, 1.807) is 42.3 Å². The number of anilines is 1. The van der Waals surface area contributed by atoms with Crippen LogP contribution in [0, 0.1) is 0 Å². The van der Waals surface area contributed by atoms with E-state index in [0.29, 0.717) is 46.0 Å². The quantitative estimate of drug-likeness (QED) is 0.371. The molecule has 2 amide bonds. The minimum atomic E-state index is -0.338. The van der Waals surface area contributed by atoms with Crippen molar-refractivity contribution >= 4 is 52.2 Å². The van der Waals surface area contributed by atoms with Gasteiger partial charge in [0.1, 0.15) is 5.75 Å². The molecule has 0 aromatic heterocycles. The Morgan fingerprint density at radius 1 is 1.06 bits per heavy atom. The third-order valence-corrected chi connectivity index (χ3v) is 6.47. The molecule has 0 spiro atoms. The Labute approximate surface area is 213 Å². The zero-order chi connectivity index (χ0) is 24.1. The average Bonchev–Trinajstić information content (AvgIpc) is 3.30. The highest BCUT2D eigenvalue weighted by Gasteiger charge is 2.28. The fourth-order valence-corrected chi connectivity index (χ4v) is 4.11. The molecule has 0 saturated heterocycles. The van der Waals surface area contributed by atoms with Crippen LogP contribution in [0.5, 0.6) is 5.75 Å². The first-order valence-electron chi connectivity index (χ1n) is 10.5. The van der Waals surface area contributed by atoms with Gasteiger partial charge < -0.3 is 19.8 Å². The summed E-state index contributed by atoms with van der Waals surface area (Å²) in [6.07, 6.45) is 0.175. The van der Waals surface area contributed by atoms with Gasteiger partial charge in [-0.05, 0) is 35.9 Å². The van der Waals surface area contributed by atoms with Crippen LogP contribution in [0.1, 0.15) is 17.5 Å². The summed E-state index contributed by atoms with van der Waals surface area (Å²) in [5, 5.41) is 8.64.